The highest BCUT2D eigenvalue weighted by molar-refractivity contribution is 9.10. The fraction of sp³-hybridized carbons (Fsp3) is 0.417. The van der Waals surface area contributed by atoms with Crippen molar-refractivity contribution < 1.29 is 17.9 Å². The van der Waals surface area contributed by atoms with Gasteiger partial charge in [0.2, 0.25) is 10.0 Å². The minimum absolute atomic E-state index is 0.0875. The number of halogens is 1. The zero-order valence-electron chi connectivity index (χ0n) is 10.9. The molecule has 7 heteroatoms. The maximum atomic E-state index is 12.2. The molecule has 0 unspecified atom stereocenters. The molecule has 0 heterocycles. The summed E-state index contributed by atoms with van der Waals surface area (Å²) in [5.74, 6) is -0.824. The minimum Gasteiger partial charge on any atom is -0.468 e. The molecule has 0 spiro atoms. The van der Waals surface area contributed by atoms with Crippen LogP contribution in [-0.2, 0) is 19.6 Å². The number of carbonyl (C=O) groups is 1. The smallest absolute Gasteiger partial charge is 0.324 e. The summed E-state index contributed by atoms with van der Waals surface area (Å²) in [4.78, 5) is 11.7. The van der Waals surface area contributed by atoms with Crippen LogP contribution in [0.15, 0.2) is 33.6 Å². The summed E-state index contributed by atoms with van der Waals surface area (Å²) in [6, 6.07) is 5.49. The summed E-state index contributed by atoms with van der Waals surface area (Å²) in [7, 11) is -2.56. The summed E-state index contributed by atoms with van der Waals surface area (Å²) in [6.07, 6.45) is 0. The first-order valence-electron chi connectivity index (χ1n) is 5.64. The number of hydrogen-bond donors (Lipinski definition) is 1. The van der Waals surface area contributed by atoms with Crippen LogP contribution in [0.4, 0.5) is 0 Å². The molecule has 1 rings (SSSR count). The number of methoxy groups -OCH3 is 1. The summed E-state index contributed by atoms with van der Waals surface area (Å²) < 4.78 is 31.9. The van der Waals surface area contributed by atoms with Crippen LogP contribution >= 0.6 is 15.9 Å². The van der Waals surface area contributed by atoms with Gasteiger partial charge < -0.3 is 4.74 Å². The van der Waals surface area contributed by atoms with E-state index in [1.807, 2.05) is 0 Å². The van der Waals surface area contributed by atoms with E-state index in [1.54, 1.807) is 32.0 Å². The number of hydrogen-bond acceptors (Lipinski definition) is 4. The lowest BCUT2D eigenvalue weighted by atomic mass is 10.1. The van der Waals surface area contributed by atoms with E-state index in [4.69, 9.17) is 0 Å². The van der Waals surface area contributed by atoms with Gasteiger partial charge in [0, 0.05) is 4.47 Å². The molecule has 0 radical (unpaired) electrons. The van der Waals surface area contributed by atoms with Crippen LogP contribution in [0.25, 0.3) is 0 Å². The molecule has 0 bridgehead atoms. The fourth-order valence-electron chi connectivity index (χ4n) is 1.48. The molecule has 1 N–H and O–H groups in total. The molecule has 0 aromatic heterocycles. The number of esters is 1. The van der Waals surface area contributed by atoms with Crippen molar-refractivity contribution in [2.45, 2.75) is 24.8 Å². The molecule has 0 saturated heterocycles. The van der Waals surface area contributed by atoms with Crippen molar-refractivity contribution >= 4 is 31.9 Å². The van der Waals surface area contributed by atoms with Crippen molar-refractivity contribution in [3.8, 4) is 0 Å². The van der Waals surface area contributed by atoms with Crippen molar-refractivity contribution in [1.29, 1.82) is 0 Å². The third-order valence-corrected chi connectivity index (χ3v) is 4.98. The first-order chi connectivity index (χ1) is 8.79. The van der Waals surface area contributed by atoms with Gasteiger partial charge in [-0.2, -0.15) is 4.72 Å². The van der Waals surface area contributed by atoms with E-state index in [-0.39, 0.29) is 10.8 Å². The lowest BCUT2D eigenvalue weighted by Crippen LogP contribution is -2.44. The highest BCUT2D eigenvalue weighted by Crippen LogP contribution is 2.22. The minimum atomic E-state index is -3.79. The number of nitrogens with one attached hydrogen (secondary N) is 1. The summed E-state index contributed by atoms with van der Waals surface area (Å²) >= 11 is 3.18. The lowest BCUT2D eigenvalue weighted by molar-refractivity contribution is -0.143. The molecular weight excluding hydrogens is 334 g/mol. The van der Waals surface area contributed by atoms with Gasteiger partial charge in [0.25, 0.3) is 0 Å². The van der Waals surface area contributed by atoms with Gasteiger partial charge in [0.15, 0.2) is 0 Å². The molecule has 0 saturated carbocycles. The molecule has 0 aliphatic carbocycles. The number of carbonyl (C=O) groups excluding carboxylic acids is 1. The highest BCUT2D eigenvalue weighted by Gasteiger charge is 2.29. The number of sulfonamides is 1. The molecule has 106 valence electrons. The third kappa shape index (κ3) is 4.02. The van der Waals surface area contributed by atoms with E-state index in [0.29, 0.717) is 4.47 Å². The van der Waals surface area contributed by atoms with Crippen molar-refractivity contribution in [3.05, 3.63) is 28.7 Å². The first kappa shape index (κ1) is 16.1. The normalized spacial score (nSPS) is 13.3. The van der Waals surface area contributed by atoms with Gasteiger partial charge in [-0.05, 0) is 34.0 Å². The lowest BCUT2D eigenvalue weighted by Gasteiger charge is -2.20. The SMILES string of the molecule is COC(=O)[C@@H](NS(=O)(=O)c1ccccc1Br)C(C)C. The molecular formula is C12H16BrNO4S. The maximum absolute atomic E-state index is 12.2. The zero-order chi connectivity index (χ0) is 14.6. The Morgan fingerprint density at radius 1 is 1.32 bits per heavy atom. The summed E-state index contributed by atoms with van der Waals surface area (Å²) in [5.41, 5.74) is 0. The second-order valence-electron chi connectivity index (χ2n) is 4.30. The van der Waals surface area contributed by atoms with Crippen LogP contribution in [0.2, 0.25) is 0 Å². The van der Waals surface area contributed by atoms with Gasteiger partial charge in [-0.1, -0.05) is 26.0 Å². The standard InChI is InChI=1S/C12H16BrNO4S/c1-8(2)11(12(15)18-3)14-19(16,17)10-7-5-4-6-9(10)13/h4-8,11,14H,1-3H3/t11-/m0/s1. The summed E-state index contributed by atoms with van der Waals surface area (Å²) in [5, 5.41) is 0. The van der Waals surface area contributed by atoms with Gasteiger partial charge in [-0.25, -0.2) is 8.42 Å². The van der Waals surface area contributed by atoms with E-state index in [0.717, 1.165) is 0 Å². The van der Waals surface area contributed by atoms with E-state index >= 15 is 0 Å². The number of rotatable bonds is 5. The Hall–Kier alpha value is -0.920. The first-order valence-corrected chi connectivity index (χ1v) is 7.92. The zero-order valence-corrected chi connectivity index (χ0v) is 13.3. The molecule has 1 aromatic carbocycles. The van der Waals surface area contributed by atoms with Crippen LogP contribution in [0.1, 0.15) is 13.8 Å². The predicted molar refractivity (Wildman–Crippen MR) is 75.1 cm³/mol. The van der Waals surface area contributed by atoms with Crippen molar-refractivity contribution in [2.24, 2.45) is 5.92 Å². The quantitative estimate of drug-likeness (QED) is 0.824. The maximum Gasteiger partial charge on any atom is 0.324 e. The molecule has 1 atom stereocenters. The molecule has 1 aromatic rings. The van der Waals surface area contributed by atoms with E-state index < -0.39 is 22.0 Å². The van der Waals surface area contributed by atoms with Gasteiger partial charge in [0.1, 0.15) is 6.04 Å². The summed E-state index contributed by atoms with van der Waals surface area (Å²) in [6.45, 7) is 3.48. The largest absolute Gasteiger partial charge is 0.468 e. The van der Waals surface area contributed by atoms with Crippen LogP contribution in [0, 0.1) is 5.92 Å². The Labute approximate surface area is 121 Å². The number of benzene rings is 1. The Kier molecular flexibility index (Phi) is 5.51. The predicted octanol–water partition coefficient (Wildman–Crippen LogP) is 1.92. The fourth-order valence-corrected chi connectivity index (χ4v) is 3.81. The Bertz CT molecular complexity index is 557. The Morgan fingerprint density at radius 2 is 1.89 bits per heavy atom. The topological polar surface area (TPSA) is 72.5 Å². The number of ether oxygens (including phenoxy) is 1. The van der Waals surface area contributed by atoms with Crippen molar-refractivity contribution in [3.63, 3.8) is 0 Å². The molecule has 0 aliphatic rings. The van der Waals surface area contributed by atoms with Gasteiger partial charge in [0.05, 0.1) is 12.0 Å². The monoisotopic (exact) mass is 349 g/mol. The van der Waals surface area contributed by atoms with Gasteiger partial charge >= 0.3 is 5.97 Å². The Morgan fingerprint density at radius 3 is 2.37 bits per heavy atom. The van der Waals surface area contributed by atoms with Crippen molar-refractivity contribution in [2.75, 3.05) is 7.11 Å². The van der Waals surface area contributed by atoms with Crippen molar-refractivity contribution in [1.82, 2.24) is 4.72 Å². The molecule has 5 nitrogen and oxygen atoms in total. The highest BCUT2D eigenvalue weighted by atomic mass is 79.9. The van der Waals surface area contributed by atoms with Crippen LogP contribution in [0.3, 0.4) is 0 Å². The second-order valence-corrected chi connectivity index (χ2v) is 6.83. The molecule has 0 fully saturated rings. The Balaban J connectivity index is 3.08. The average Bonchev–Trinajstić information content (AvgIpc) is 2.35. The van der Waals surface area contributed by atoms with E-state index in [9.17, 15) is 13.2 Å². The van der Waals surface area contributed by atoms with Gasteiger partial charge in [-0.3, -0.25) is 4.79 Å². The average molecular weight is 350 g/mol. The second kappa shape index (κ2) is 6.49. The molecule has 0 aliphatic heterocycles. The van der Waals surface area contributed by atoms with Crippen LogP contribution in [-0.4, -0.2) is 27.5 Å². The van der Waals surface area contributed by atoms with E-state index in [1.165, 1.54) is 13.2 Å². The van der Waals surface area contributed by atoms with Gasteiger partial charge in [-0.15, -0.1) is 0 Å². The van der Waals surface area contributed by atoms with Crippen LogP contribution < -0.4 is 4.72 Å². The van der Waals surface area contributed by atoms with Crippen LogP contribution in [0.5, 0.6) is 0 Å². The molecule has 19 heavy (non-hydrogen) atoms. The molecule has 0 amide bonds. The third-order valence-electron chi connectivity index (χ3n) is 2.53. The van der Waals surface area contributed by atoms with E-state index in [2.05, 4.69) is 25.4 Å².